The number of nitrogen functional groups attached to an aromatic ring is 2. The Morgan fingerprint density at radius 2 is 1.89 bits per heavy atom. The molecule has 18 heavy (non-hydrogen) atoms. The number of anilines is 2. The van der Waals surface area contributed by atoms with Gasteiger partial charge in [-0.3, -0.25) is 0 Å². The predicted octanol–water partition coefficient (Wildman–Crippen LogP) is 2.61. The zero-order valence-corrected chi connectivity index (χ0v) is 11.6. The third-order valence-electron chi connectivity index (χ3n) is 2.67. The number of ether oxygens (including phenoxy) is 1. The van der Waals surface area contributed by atoms with Crippen molar-refractivity contribution in [1.82, 2.24) is 4.98 Å². The van der Waals surface area contributed by atoms with E-state index in [1.54, 1.807) is 13.2 Å². The quantitative estimate of drug-likeness (QED) is 0.855. The average molecular weight is 308 g/mol. The number of methoxy groups -OCH3 is 1. The van der Waals surface area contributed by atoms with Crippen LogP contribution in [0.25, 0.3) is 0 Å². The first kappa shape index (κ1) is 12.7. The SMILES string of the molecule is COc1ccc(Cc2nc(Br)cc(N)c2N)cc1. The van der Waals surface area contributed by atoms with Crippen LogP contribution in [-0.4, -0.2) is 12.1 Å². The maximum atomic E-state index is 5.92. The Labute approximate surface area is 114 Å². The van der Waals surface area contributed by atoms with Crippen LogP contribution in [0, 0.1) is 0 Å². The lowest BCUT2D eigenvalue weighted by molar-refractivity contribution is 0.414. The zero-order valence-electron chi connectivity index (χ0n) is 9.98. The van der Waals surface area contributed by atoms with Crippen molar-refractivity contribution in [2.75, 3.05) is 18.6 Å². The summed E-state index contributed by atoms with van der Waals surface area (Å²) in [6.45, 7) is 0. The van der Waals surface area contributed by atoms with Crippen molar-refractivity contribution in [1.29, 1.82) is 0 Å². The Hall–Kier alpha value is -1.75. The van der Waals surface area contributed by atoms with Gasteiger partial charge in [0.05, 0.1) is 24.2 Å². The Balaban J connectivity index is 2.27. The first-order chi connectivity index (χ1) is 8.60. The molecule has 0 saturated heterocycles. The van der Waals surface area contributed by atoms with Crippen LogP contribution in [0.3, 0.4) is 0 Å². The molecule has 0 saturated carbocycles. The molecule has 0 unspecified atom stereocenters. The number of rotatable bonds is 3. The highest BCUT2D eigenvalue weighted by Gasteiger charge is 2.07. The summed E-state index contributed by atoms with van der Waals surface area (Å²) in [4.78, 5) is 4.35. The number of benzene rings is 1. The van der Waals surface area contributed by atoms with E-state index in [1.165, 1.54) is 0 Å². The normalized spacial score (nSPS) is 10.3. The van der Waals surface area contributed by atoms with Crippen LogP contribution in [0.1, 0.15) is 11.3 Å². The van der Waals surface area contributed by atoms with Gasteiger partial charge in [0, 0.05) is 6.42 Å². The first-order valence-electron chi connectivity index (χ1n) is 5.43. The Morgan fingerprint density at radius 3 is 2.50 bits per heavy atom. The largest absolute Gasteiger partial charge is 0.497 e. The first-order valence-corrected chi connectivity index (χ1v) is 6.22. The van der Waals surface area contributed by atoms with Crippen LogP contribution in [0.4, 0.5) is 11.4 Å². The molecule has 2 rings (SSSR count). The molecule has 0 aliphatic rings. The molecule has 0 fully saturated rings. The van der Waals surface area contributed by atoms with Crippen LogP contribution < -0.4 is 16.2 Å². The lowest BCUT2D eigenvalue weighted by atomic mass is 10.1. The maximum absolute atomic E-state index is 5.92. The van der Waals surface area contributed by atoms with Crippen LogP contribution in [-0.2, 0) is 6.42 Å². The minimum Gasteiger partial charge on any atom is -0.497 e. The fourth-order valence-corrected chi connectivity index (χ4v) is 2.13. The van der Waals surface area contributed by atoms with E-state index in [0.29, 0.717) is 22.4 Å². The second kappa shape index (κ2) is 5.27. The minimum atomic E-state index is 0.536. The van der Waals surface area contributed by atoms with E-state index in [-0.39, 0.29) is 0 Å². The maximum Gasteiger partial charge on any atom is 0.118 e. The summed E-state index contributed by atoms with van der Waals surface area (Å²) in [5.74, 6) is 0.827. The molecule has 0 aliphatic carbocycles. The summed E-state index contributed by atoms with van der Waals surface area (Å²) in [7, 11) is 1.64. The topological polar surface area (TPSA) is 74.2 Å². The molecular weight excluding hydrogens is 294 g/mol. The molecule has 4 nitrogen and oxygen atoms in total. The van der Waals surface area contributed by atoms with E-state index in [0.717, 1.165) is 17.0 Å². The van der Waals surface area contributed by atoms with Gasteiger partial charge in [0.1, 0.15) is 10.4 Å². The van der Waals surface area contributed by atoms with Crippen LogP contribution >= 0.6 is 15.9 Å². The standard InChI is InChI=1S/C13H14BrN3O/c1-18-9-4-2-8(3-5-9)6-11-13(16)10(15)7-12(14)17-11/h2-5,7H,6,16H2,1H3,(H2,15,17). The molecule has 1 aromatic heterocycles. The van der Waals surface area contributed by atoms with E-state index in [9.17, 15) is 0 Å². The van der Waals surface area contributed by atoms with Crippen LogP contribution in [0.5, 0.6) is 5.75 Å². The van der Waals surface area contributed by atoms with E-state index in [4.69, 9.17) is 16.2 Å². The van der Waals surface area contributed by atoms with Crippen molar-refractivity contribution in [3.63, 3.8) is 0 Å². The monoisotopic (exact) mass is 307 g/mol. The van der Waals surface area contributed by atoms with Gasteiger partial charge in [0.2, 0.25) is 0 Å². The molecule has 2 aromatic rings. The summed E-state index contributed by atoms with van der Waals surface area (Å²) in [5.41, 5.74) is 14.7. The van der Waals surface area contributed by atoms with Crippen LogP contribution in [0.2, 0.25) is 0 Å². The molecular formula is C13H14BrN3O. The van der Waals surface area contributed by atoms with E-state index < -0.39 is 0 Å². The summed E-state index contributed by atoms with van der Waals surface area (Å²) < 4.78 is 5.81. The van der Waals surface area contributed by atoms with Crippen LogP contribution in [0.15, 0.2) is 34.9 Å². The van der Waals surface area contributed by atoms with Gasteiger partial charge in [-0.05, 0) is 39.7 Å². The molecule has 0 bridgehead atoms. The Morgan fingerprint density at radius 1 is 1.22 bits per heavy atom. The third kappa shape index (κ3) is 2.73. The predicted molar refractivity (Wildman–Crippen MR) is 76.6 cm³/mol. The highest BCUT2D eigenvalue weighted by molar-refractivity contribution is 9.10. The van der Waals surface area contributed by atoms with Gasteiger partial charge in [0.15, 0.2) is 0 Å². The lowest BCUT2D eigenvalue weighted by Gasteiger charge is -2.09. The molecule has 5 heteroatoms. The number of nitrogens with two attached hydrogens (primary N) is 2. The number of hydrogen-bond donors (Lipinski definition) is 2. The van der Waals surface area contributed by atoms with Crippen molar-refractivity contribution in [3.05, 3.63) is 46.2 Å². The summed E-state index contributed by atoms with van der Waals surface area (Å²) in [6, 6.07) is 9.49. The van der Waals surface area contributed by atoms with E-state index >= 15 is 0 Å². The van der Waals surface area contributed by atoms with E-state index in [2.05, 4.69) is 20.9 Å². The van der Waals surface area contributed by atoms with Gasteiger partial charge in [-0.25, -0.2) is 4.98 Å². The van der Waals surface area contributed by atoms with Crippen molar-refractivity contribution in [3.8, 4) is 5.75 Å². The van der Waals surface area contributed by atoms with Crippen molar-refractivity contribution < 1.29 is 4.74 Å². The second-order valence-corrected chi connectivity index (χ2v) is 4.73. The van der Waals surface area contributed by atoms with Gasteiger partial charge in [-0.2, -0.15) is 0 Å². The molecule has 94 valence electrons. The molecule has 1 aromatic carbocycles. The smallest absolute Gasteiger partial charge is 0.118 e. The highest BCUT2D eigenvalue weighted by Crippen LogP contribution is 2.25. The van der Waals surface area contributed by atoms with Crippen molar-refractivity contribution >= 4 is 27.3 Å². The summed E-state index contributed by atoms with van der Waals surface area (Å²) in [5, 5.41) is 0. The third-order valence-corrected chi connectivity index (χ3v) is 3.08. The molecule has 1 heterocycles. The number of halogens is 1. The van der Waals surface area contributed by atoms with Gasteiger partial charge < -0.3 is 16.2 Å². The highest BCUT2D eigenvalue weighted by atomic mass is 79.9. The summed E-state index contributed by atoms with van der Waals surface area (Å²) in [6.07, 6.45) is 0.638. The molecule has 0 amide bonds. The van der Waals surface area contributed by atoms with E-state index in [1.807, 2.05) is 24.3 Å². The lowest BCUT2D eigenvalue weighted by Crippen LogP contribution is -2.04. The molecule has 4 N–H and O–H groups in total. The molecule has 0 aliphatic heterocycles. The number of nitrogens with zero attached hydrogens (tertiary/aromatic N) is 1. The minimum absolute atomic E-state index is 0.536. The fraction of sp³-hybridized carbons (Fsp3) is 0.154. The summed E-state index contributed by atoms with van der Waals surface area (Å²) >= 11 is 3.32. The Kier molecular flexibility index (Phi) is 3.72. The van der Waals surface area contributed by atoms with Gasteiger partial charge >= 0.3 is 0 Å². The second-order valence-electron chi connectivity index (χ2n) is 3.92. The fourth-order valence-electron chi connectivity index (χ4n) is 1.67. The van der Waals surface area contributed by atoms with Gasteiger partial charge in [0.25, 0.3) is 0 Å². The average Bonchev–Trinajstić information content (AvgIpc) is 2.36. The number of aromatic nitrogens is 1. The Bertz CT molecular complexity index is 555. The zero-order chi connectivity index (χ0) is 13.1. The molecule has 0 atom stereocenters. The number of pyridine rings is 1. The van der Waals surface area contributed by atoms with Crippen molar-refractivity contribution in [2.24, 2.45) is 0 Å². The van der Waals surface area contributed by atoms with Gasteiger partial charge in [-0.15, -0.1) is 0 Å². The number of hydrogen-bond acceptors (Lipinski definition) is 4. The van der Waals surface area contributed by atoms with Gasteiger partial charge in [-0.1, -0.05) is 12.1 Å². The molecule has 0 spiro atoms. The molecule has 0 radical (unpaired) electrons. The van der Waals surface area contributed by atoms with Crippen molar-refractivity contribution in [2.45, 2.75) is 6.42 Å².